The standard InChI is InChI=1S/C9H17N3O/c1-2-3-4-9-7-8(11-12-10)5-6-13-9/h8-9H,2-7H2,1H3/t8-,9-/m0/s1. The normalized spacial score (nSPS) is 28.1. The molecule has 0 aromatic carbocycles. The fourth-order valence-corrected chi connectivity index (χ4v) is 1.67. The summed E-state index contributed by atoms with van der Waals surface area (Å²) in [6.07, 6.45) is 5.62. The second-order valence-electron chi connectivity index (χ2n) is 3.52. The van der Waals surface area contributed by atoms with E-state index in [4.69, 9.17) is 10.3 Å². The molecule has 74 valence electrons. The Morgan fingerprint density at radius 1 is 1.62 bits per heavy atom. The average molecular weight is 183 g/mol. The predicted molar refractivity (Wildman–Crippen MR) is 51.4 cm³/mol. The van der Waals surface area contributed by atoms with Crippen LogP contribution in [0.1, 0.15) is 39.0 Å². The minimum Gasteiger partial charge on any atom is -0.378 e. The van der Waals surface area contributed by atoms with Crippen molar-refractivity contribution >= 4 is 0 Å². The van der Waals surface area contributed by atoms with Gasteiger partial charge in [0.1, 0.15) is 0 Å². The van der Waals surface area contributed by atoms with E-state index in [1.807, 2.05) is 0 Å². The van der Waals surface area contributed by atoms with Gasteiger partial charge in [-0.15, -0.1) is 0 Å². The lowest BCUT2D eigenvalue weighted by molar-refractivity contribution is 0.00226. The van der Waals surface area contributed by atoms with Gasteiger partial charge in [-0.2, -0.15) is 0 Å². The van der Waals surface area contributed by atoms with Crippen LogP contribution in [0.15, 0.2) is 5.11 Å². The average Bonchev–Trinajstić information content (AvgIpc) is 2.16. The molecule has 0 radical (unpaired) electrons. The second kappa shape index (κ2) is 5.84. The summed E-state index contributed by atoms with van der Waals surface area (Å²) >= 11 is 0. The molecule has 1 aliphatic rings. The van der Waals surface area contributed by atoms with Gasteiger partial charge >= 0.3 is 0 Å². The number of hydrogen-bond donors (Lipinski definition) is 0. The van der Waals surface area contributed by atoms with E-state index in [1.54, 1.807) is 0 Å². The van der Waals surface area contributed by atoms with Crippen molar-refractivity contribution in [2.24, 2.45) is 5.11 Å². The van der Waals surface area contributed by atoms with E-state index >= 15 is 0 Å². The summed E-state index contributed by atoms with van der Waals surface area (Å²) in [6.45, 7) is 2.92. The summed E-state index contributed by atoms with van der Waals surface area (Å²) in [5, 5.41) is 3.74. The van der Waals surface area contributed by atoms with Crippen molar-refractivity contribution in [1.29, 1.82) is 0 Å². The van der Waals surface area contributed by atoms with Crippen molar-refractivity contribution in [3.63, 3.8) is 0 Å². The van der Waals surface area contributed by atoms with Crippen molar-refractivity contribution in [3.05, 3.63) is 10.4 Å². The Balaban J connectivity index is 2.28. The molecule has 1 heterocycles. The van der Waals surface area contributed by atoms with Crippen LogP contribution in [0.3, 0.4) is 0 Å². The second-order valence-corrected chi connectivity index (χ2v) is 3.52. The van der Waals surface area contributed by atoms with Crippen LogP contribution >= 0.6 is 0 Å². The molecule has 4 nitrogen and oxygen atoms in total. The summed E-state index contributed by atoms with van der Waals surface area (Å²) in [5.41, 5.74) is 8.30. The fourth-order valence-electron chi connectivity index (χ4n) is 1.67. The largest absolute Gasteiger partial charge is 0.378 e. The van der Waals surface area contributed by atoms with Crippen LogP contribution in [0.25, 0.3) is 10.4 Å². The van der Waals surface area contributed by atoms with Gasteiger partial charge in [-0.25, -0.2) is 0 Å². The van der Waals surface area contributed by atoms with E-state index in [0.29, 0.717) is 6.10 Å². The molecule has 2 atom stereocenters. The third-order valence-electron chi connectivity index (χ3n) is 2.43. The Hall–Kier alpha value is -0.730. The molecule has 0 aromatic rings. The lowest BCUT2D eigenvalue weighted by Crippen LogP contribution is -2.27. The molecule has 1 aliphatic heterocycles. The Kier molecular flexibility index (Phi) is 4.65. The highest BCUT2D eigenvalue weighted by atomic mass is 16.5. The van der Waals surface area contributed by atoms with Crippen LogP contribution in [-0.2, 0) is 4.74 Å². The van der Waals surface area contributed by atoms with Crippen LogP contribution in [0.5, 0.6) is 0 Å². The van der Waals surface area contributed by atoms with E-state index in [0.717, 1.165) is 25.9 Å². The third kappa shape index (κ3) is 3.66. The Bertz CT molecular complexity index is 189. The molecule has 0 unspecified atom stereocenters. The van der Waals surface area contributed by atoms with Crippen LogP contribution in [0.2, 0.25) is 0 Å². The highest BCUT2D eigenvalue weighted by Crippen LogP contribution is 2.20. The lowest BCUT2D eigenvalue weighted by Gasteiger charge is -2.26. The molecule has 13 heavy (non-hydrogen) atoms. The van der Waals surface area contributed by atoms with Crippen molar-refractivity contribution < 1.29 is 4.74 Å². The van der Waals surface area contributed by atoms with Gasteiger partial charge in [0.15, 0.2) is 0 Å². The molecule has 0 bridgehead atoms. The highest BCUT2D eigenvalue weighted by Gasteiger charge is 2.20. The first-order valence-corrected chi connectivity index (χ1v) is 5.02. The van der Waals surface area contributed by atoms with Gasteiger partial charge in [0.2, 0.25) is 0 Å². The van der Waals surface area contributed by atoms with Crippen LogP contribution in [-0.4, -0.2) is 18.8 Å². The molecule has 4 heteroatoms. The maximum atomic E-state index is 8.30. The van der Waals surface area contributed by atoms with Gasteiger partial charge in [-0.1, -0.05) is 24.9 Å². The molecular formula is C9H17N3O. The third-order valence-corrected chi connectivity index (χ3v) is 2.43. The maximum Gasteiger partial charge on any atom is 0.0579 e. The maximum absolute atomic E-state index is 8.30. The Morgan fingerprint density at radius 2 is 2.46 bits per heavy atom. The zero-order chi connectivity index (χ0) is 9.52. The zero-order valence-corrected chi connectivity index (χ0v) is 8.15. The van der Waals surface area contributed by atoms with E-state index in [-0.39, 0.29) is 6.04 Å². The topological polar surface area (TPSA) is 58.0 Å². The lowest BCUT2D eigenvalue weighted by atomic mass is 10.0. The van der Waals surface area contributed by atoms with Gasteiger partial charge in [0.25, 0.3) is 0 Å². The molecule has 0 aromatic heterocycles. The van der Waals surface area contributed by atoms with Gasteiger partial charge in [0.05, 0.1) is 6.10 Å². The molecule has 1 fully saturated rings. The van der Waals surface area contributed by atoms with Gasteiger partial charge in [0, 0.05) is 17.6 Å². The summed E-state index contributed by atoms with van der Waals surface area (Å²) in [4.78, 5) is 2.84. The number of rotatable bonds is 4. The molecule has 0 amide bonds. The molecular weight excluding hydrogens is 166 g/mol. The van der Waals surface area contributed by atoms with Crippen molar-refractivity contribution in [2.75, 3.05) is 6.61 Å². The number of nitrogens with zero attached hydrogens (tertiary/aromatic N) is 3. The number of unbranched alkanes of at least 4 members (excludes halogenated alkanes) is 1. The number of hydrogen-bond acceptors (Lipinski definition) is 2. The summed E-state index contributed by atoms with van der Waals surface area (Å²) in [5.74, 6) is 0. The Morgan fingerprint density at radius 3 is 3.15 bits per heavy atom. The fraction of sp³-hybridized carbons (Fsp3) is 1.00. The van der Waals surface area contributed by atoms with Crippen molar-refractivity contribution in [1.82, 2.24) is 0 Å². The molecule has 1 saturated heterocycles. The minimum absolute atomic E-state index is 0.167. The van der Waals surface area contributed by atoms with Crippen LogP contribution < -0.4 is 0 Å². The van der Waals surface area contributed by atoms with Gasteiger partial charge in [-0.05, 0) is 24.8 Å². The SMILES string of the molecule is CCCC[C@H]1C[C@@H](N=[N+]=[N-])CCO1. The summed E-state index contributed by atoms with van der Waals surface area (Å²) < 4.78 is 5.57. The van der Waals surface area contributed by atoms with E-state index in [1.165, 1.54) is 12.8 Å². The molecule has 0 saturated carbocycles. The quantitative estimate of drug-likeness (QED) is 0.375. The van der Waals surface area contributed by atoms with Gasteiger partial charge in [-0.3, -0.25) is 0 Å². The molecule has 1 rings (SSSR count). The van der Waals surface area contributed by atoms with E-state index < -0.39 is 0 Å². The predicted octanol–water partition coefficient (Wildman–Crippen LogP) is 3.03. The molecule has 0 aliphatic carbocycles. The van der Waals surface area contributed by atoms with Crippen molar-refractivity contribution in [3.8, 4) is 0 Å². The smallest absolute Gasteiger partial charge is 0.0579 e. The molecule has 0 N–H and O–H groups in total. The van der Waals surface area contributed by atoms with Gasteiger partial charge < -0.3 is 4.74 Å². The Labute approximate surface area is 78.9 Å². The van der Waals surface area contributed by atoms with E-state index in [9.17, 15) is 0 Å². The molecule has 0 spiro atoms. The zero-order valence-electron chi connectivity index (χ0n) is 8.15. The van der Waals surface area contributed by atoms with Crippen LogP contribution in [0.4, 0.5) is 0 Å². The first-order chi connectivity index (χ1) is 6.36. The summed E-state index contributed by atoms with van der Waals surface area (Å²) in [7, 11) is 0. The number of azide groups is 1. The summed E-state index contributed by atoms with van der Waals surface area (Å²) in [6, 6.07) is 0.167. The van der Waals surface area contributed by atoms with Crippen LogP contribution in [0, 0.1) is 0 Å². The first kappa shape index (κ1) is 10.4. The van der Waals surface area contributed by atoms with Crippen molar-refractivity contribution in [2.45, 2.75) is 51.2 Å². The minimum atomic E-state index is 0.167. The first-order valence-electron chi connectivity index (χ1n) is 5.02. The van der Waals surface area contributed by atoms with E-state index in [2.05, 4.69) is 16.9 Å². The number of ether oxygens (including phenoxy) is 1. The monoisotopic (exact) mass is 183 g/mol. The highest BCUT2D eigenvalue weighted by molar-refractivity contribution is 4.76.